The summed E-state index contributed by atoms with van der Waals surface area (Å²) in [5.41, 5.74) is 2.29. The van der Waals surface area contributed by atoms with E-state index in [9.17, 15) is 4.79 Å². The summed E-state index contributed by atoms with van der Waals surface area (Å²) in [7, 11) is 1.78. The number of rotatable bonds is 5. The lowest BCUT2D eigenvalue weighted by Crippen LogP contribution is -2.24. The summed E-state index contributed by atoms with van der Waals surface area (Å²) >= 11 is 1.28. The lowest BCUT2D eigenvalue weighted by molar-refractivity contribution is 0.0951. The molecule has 1 amide bonds. The first-order valence-corrected chi connectivity index (χ1v) is 7.82. The molecule has 0 aliphatic heterocycles. The van der Waals surface area contributed by atoms with Gasteiger partial charge < -0.3 is 10.6 Å². The number of carbonyl (C=O) groups excluding carboxylic acids is 1. The van der Waals surface area contributed by atoms with E-state index in [1.165, 1.54) is 11.5 Å². The van der Waals surface area contributed by atoms with Gasteiger partial charge in [-0.2, -0.15) is 4.37 Å². The number of aromatic nitrogens is 4. The van der Waals surface area contributed by atoms with Gasteiger partial charge in [0, 0.05) is 32.2 Å². The third-order valence-corrected chi connectivity index (χ3v) is 4.30. The van der Waals surface area contributed by atoms with E-state index in [1.807, 2.05) is 29.8 Å². The number of hydrogen-bond donors (Lipinski definition) is 2. The summed E-state index contributed by atoms with van der Waals surface area (Å²) in [5, 5.41) is 6.69. The molecule has 0 bridgehead atoms. The van der Waals surface area contributed by atoms with Gasteiger partial charge in [0.15, 0.2) is 0 Å². The lowest BCUT2D eigenvalue weighted by Gasteiger charge is -2.08. The molecule has 3 rings (SSSR count). The second kappa shape index (κ2) is 6.57. The van der Waals surface area contributed by atoms with Crippen LogP contribution < -0.4 is 10.6 Å². The van der Waals surface area contributed by atoms with Crippen LogP contribution in [0.5, 0.6) is 0 Å². The molecule has 7 nitrogen and oxygen atoms in total. The highest BCUT2D eigenvalue weighted by molar-refractivity contribution is 7.10. The van der Waals surface area contributed by atoms with Gasteiger partial charge >= 0.3 is 0 Å². The first kappa shape index (κ1) is 15.2. The van der Waals surface area contributed by atoms with Gasteiger partial charge in [0.1, 0.15) is 17.1 Å². The van der Waals surface area contributed by atoms with Crippen LogP contribution in [0.25, 0.3) is 5.82 Å². The number of carbonyl (C=O) groups is 1. The molecule has 0 saturated carbocycles. The normalized spacial score (nSPS) is 10.5. The number of nitrogens with zero attached hydrogens (tertiary/aromatic N) is 4. The van der Waals surface area contributed by atoms with Crippen molar-refractivity contribution in [1.29, 1.82) is 0 Å². The monoisotopic (exact) mass is 328 g/mol. The SMILES string of the molecule is CNc1snc(C)c1C(=O)NCc1ccnc(-n2ccnc2)c1. The fourth-order valence-corrected chi connectivity index (χ4v) is 2.93. The molecule has 0 atom stereocenters. The highest BCUT2D eigenvalue weighted by Gasteiger charge is 2.17. The molecule has 23 heavy (non-hydrogen) atoms. The molecule has 0 saturated heterocycles. The van der Waals surface area contributed by atoms with Crippen LogP contribution in [0.3, 0.4) is 0 Å². The predicted octanol–water partition coefficient (Wildman–Crippen LogP) is 2.00. The van der Waals surface area contributed by atoms with E-state index in [0.29, 0.717) is 12.1 Å². The molecule has 0 aromatic carbocycles. The van der Waals surface area contributed by atoms with Crippen molar-refractivity contribution in [2.45, 2.75) is 13.5 Å². The van der Waals surface area contributed by atoms with Gasteiger partial charge in [-0.25, -0.2) is 9.97 Å². The minimum Gasteiger partial charge on any atom is -0.378 e. The van der Waals surface area contributed by atoms with Gasteiger partial charge in [-0.15, -0.1) is 0 Å². The summed E-state index contributed by atoms with van der Waals surface area (Å²) in [6.45, 7) is 2.25. The zero-order chi connectivity index (χ0) is 16.2. The number of hydrogen-bond acceptors (Lipinski definition) is 6. The molecule has 0 fully saturated rings. The van der Waals surface area contributed by atoms with Gasteiger partial charge in [0.2, 0.25) is 0 Å². The average molecular weight is 328 g/mol. The van der Waals surface area contributed by atoms with Gasteiger partial charge in [-0.1, -0.05) is 0 Å². The molecule has 3 heterocycles. The molecule has 0 unspecified atom stereocenters. The molecule has 0 spiro atoms. The van der Waals surface area contributed by atoms with E-state index < -0.39 is 0 Å². The van der Waals surface area contributed by atoms with Crippen LogP contribution in [0, 0.1) is 6.92 Å². The zero-order valence-electron chi connectivity index (χ0n) is 12.8. The molecular weight excluding hydrogens is 312 g/mol. The number of imidazole rings is 1. The number of pyridine rings is 1. The quantitative estimate of drug-likeness (QED) is 0.748. The third-order valence-electron chi connectivity index (χ3n) is 3.35. The Balaban J connectivity index is 1.72. The lowest BCUT2D eigenvalue weighted by atomic mass is 10.2. The molecule has 0 radical (unpaired) electrons. The Hall–Kier alpha value is -2.74. The van der Waals surface area contributed by atoms with Crippen molar-refractivity contribution in [2.75, 3.05) is 12.4 Å². The van der Waals surface area contributed by atoms with Crippen molar-refractivity contribution < 1.29 is 4.79 Å². The molecule has 118 valence electrons. The second-order valence-corrected chi connectivity index (χ2v) is 5.67. The molecule has 2 N–H and O–H groups in total. The highest BCUT2D eigenvalue weighted by atomic mass is 32.1. The Labute approximate surface area is 137 Å². The van der Waals surface area contributed by atoms with Crippen molar-refractivity contribution in [3.05, 3.63) is 53.9 Å². The minimum atomic E-state index is -0.137. The van der Waals surface area contributed by atoms with Gasteiger partial charge in [0.05, 0.1) is 11.3 Å². The minimum absolute atomic E-state index is 0.137. The number of nitrogens with one attached hydrogen (secondary N) is 2. The van der Waals surface area contributed by atoms with E-state index in [0.717, 1.165) is 22.1 Å². The van der Waals surface area contributed by atoms with Crippen molar-refractivity contribution in [3.8, 4) is 5.82 Å². The van der Waals surface area contributed by atoms with Gasteiger partial charge in [0.25, 0.3) is 5.91 Å². The van der Waals surface area contributed by atoms with Crippen LogP contribution in [0.1, 0.15) is 21.6 Å². The Bertz CT molecular complexity index is 811. The first-order valence-electron chi connectivity index (χ1n) is 7.04. The van der Waals surface area contributed by atoms with Gasteiger partial charge in [-0.05, 0) is 36.2 Å². The van der Waals surface area contributed by atoms with Crippen molar-refractivity contribution in [2.24, 2.45) is 0 Å². The standard InChI is InChI=1S/C15H16N6OS/c1-10-13(15(16-2)23-20-10)14(22)19-8-11-3-4-18-12(7-11)21-6-5-17-9-21/h3-7,9,16H,8H2,1-2H3,(H,19,22). The van der Waals surface area contributed by atoms with Crippen LogP contribution >= 0.6 is 11.5 Å². The Morgan fingerprint density at radius 1 is 1.39 bits per heavy atom. The van der Waals surface area contributed by atoms with Crippen LogP contribution in [0.2, 0.25) is 0 Å². The van der Waals surface area contributed by atoms with Crippen LogP contribution in [-0.2, 0) is 6.54 Å². The Morgan fingerprint density at radius 2 is 2.26 bits per heavy atom. The van der Waals surface area contributed by atoms with E-state index in [4.69, 9.17) is 0 Å². The summed E-state index contributed by atoms with van der Waals surface area (Å²) in [6.07, 6.45) is 6.92. The number of amides is 1. The van der Waals surface area contributed by atoms with E-state index >= 15 is 0 Å². The fraction of sp³-hybridized carbons (Fsp3) is 0.200. The maximum absolute atomic E-state index is 12.4. The maximum Gasteiger partial charge on any atom is 0.256 e. The maximum atomic E-state index is 12.4. The van der Waals surface area contributed by atoms with Crippen LogP contribution in [-0.4, -0.2) is 31.9 Å². The van der Waals surface area contributed by atoms with Crippen molar-refractivity contribution in [1.82, 2.24) is 24.2 Å². The van der Waals surface area contributed by atoms with E-state index in [1.54, 1.807) is 25.8 Å². The number of aryl methyl sites for hydroxylation is 1. The third kappa shape index (κ3) is 3.21. The molecule has 8 heteroatoms. The zero-order valence-corrected chi connectivity index (χ0v) is 13.6. The van der Waals surface area contributed by atoms with Crippen molar-refractivity contribution >= 4 is 22.4 Å². The average Bonchev–Trinajstić information content (AvgIpc) is 3.22. The Morgan fingerprint density at radius 3 is 3.00 bits per heavy atom. The van der Waals surface area contributed by atoms with Crippen LogP contribution in [0.15, 0.2) is 37.1 Å². The van der Waals surface area contributed by atoms with Crippen LogP contribution in [0.4, 0.5) is 5.00 Å². The Kier molecular flexibility index (Phi) is 4.33. The molecule has 3 aromatic rings. The topological polar surface area (TPSA) is 84.7 Å². The van der Waals surface area contributed by atoms with E-state index in [-0.39, 0.29) is 5.91 Å². The summed E-state index contributed by atoms with van der Waals surface area (Å²) in [6, 6.07) is 3.79. The summed E-state index contributed by atoms with van der Waals surface area (Å²) < 4.78 is 6.03. The molecular formula is C15H16N6OS. The number of anilines is 1. The fourth-order valence-electron chi connectivity index (χ4n) is 2.18. The van der Waals surface area contributed by atoms with Gasteiger partial charge in [-0.3, -0.25) is 9.36 Å². The highest BCUT2D eigenvalue weighted by Crippen LogP contribution is 2.23. The molecule has 3 aromatic heterocycles. The van der Waals surface area contributed by atoms with Crippen molar-refractivity contribution in [3.63, 3.8) is 0 Å². The molecule has 0 aliphatic rings. The smallest absolute Gasteiger partial charge is 0.256 e. The predicted molar refractivity (Wildman–Crippen MR) is 88.9 cm³/mol. The molecule has 0 aliphatic carbocycles. The van der Waals surface area contributed by atoms with E-state index in [2.05, 4.69) is 25.0 Å². The largest absolute Gasteiger partial charge is 0.378 e. The first-order chi connectivity index (χ1) is 11.2. The summed E-state index contributed by atoms with van der Waals surface area (Å²) in [5.74, 6) is 0.625. The second-order valence-electron chi connectivity index (χ2n) is 4.90. The summed E-state index contributed by atoms with van der Waals surface area (Å²) in [4.78, 5) is 20.7.